The number of urea groups is 1. The molecule has 2 amide bonds. The first-order chi connectivity index (χ1) is 12.6. The van der Waals surface area contributed by atoms with E-state index in [1.54, 1.807) is 35.4 Å². The summed E-state index contributed by atoms with van der Waals surface area (Å²) in [5, 5.41) is 27.0. The first-order valence-electron chi connectivity index (χ1n) is 8.58. The van der Waals surface area contributed by atoms with Crippen LogP contribution in [0.4, 0.5) is 10.6 Å². The van der Waals surface area contributed by atoms with E-state index in [1.807, 2.05) is 0 Å². The van der Waals surface area contributed by atoms with E-state index in [1.165, 1.54) is 4.68 Å². The highest BCUT2D eigenvalue weighted by molar-refractivity contribution is 6.30. The maximum atomic E-state index is 12.6. The van der Waals surface area contributed by atoms with Gasteiger partial charge in [0, 0.05) is 23.8 Å². The third kappa shape index (κ3) is 2.91. The largest absolute Gasteiger partial charge is 0.391 e. The number of aromatic nitrogens is 2. The van der Waals surface area contributed by atoms with E-state index in [2.05, 4.69) is 16.5 Å². The summed E-state index contributed by atoms with van der Waals surface area (Å²) in [6, 6.07) is 8.38. The summed E-state index contributed by atoms with van der Waals surface area (Å²) in [5.74, 6) is 0.783. The Balaban J connectivity index is 1.51. The van der Waals surface area contributed by atoms with Crippen molar-refractivity contribution >= 4 is 23.4 Å². The van der Waals surface area contributed by atoms with Crippen LogP contribution in [0.5, 0.6) is 0 Å². The van der Waals surface area contributed by atoms with Crippen molar-refractivity contribution in [3.63, 3.8) is 0 Å². The molecule has 1 aromatic carbocycles. The number of fused-ring (bicyclic) bond motifs is 1. The number of hydrogen-bond acceptors (Lipinski definition) is 4. The Morgan fingerprint density at radius 3 is 3.00 bits per heavy atom. The van der Waals surface area contributed by atoms with Gasteiger partial charge in [-0.1, -0.05) is 11.6 Å². The van der Waals surface area contributed by atoms with Crippen molar-refractivity contribution < 1.29 is 9.90 Å². The molecular formula is C18H18ClN5O2. The molecule has 2 heterocycles. The summed E-state index contributed by atoms with van der Waals surface area (Å²) in [6.07, 6.45) is 3.88. The lowest BCUT2D eigenvalue weighted by Crippen LogP contribution is -2.44. The molecule has 2 N–H and O–H groups in total. The topological polar surface area (TPSA) is 94.2 Å². The van der Waals surface area contributed by atoms with Crippen molar-refractivity contribution in [1.29, 1.82) is 5.26 Å². The number of anilines is 1. The van der Waals surface area contributed by atoms with Crippen molar-refractivity contribution in [1.82, 2.24) is 14.7 Å². The van der Waals surface area contributed by atoms with Gasteiger partial charge in [0.2, 0.25) is 0 Å². The van der Waals surface area contributed by atoms with Crippen molar-refractivity contribution in [3.8, 4) is 11.8 Å². The Morgan fingerprint density at radius 2 is 2.19 bits per heavy atom. The molecule has 26 heavy (non-hydrogen) atoms. The van der Waals surface area contributed by atoms with E-state index in [4.69, 9.17) is 11.6 Å². The number of nitrogens with one attached hydrogen (secondary N) is 1. The molecule has 2 aliphatic rings. The highest BCUT2D eigenvalue weighted by atomic mass is 35.5. The van der Waals surface area contributed by atoms with Gasteiger partial charge in [-0.15, -0.1) is 5.10 Å². The predicted molar refractivity (Wildman–Crippen MR) is 96.1 cm³/mol. The Labute approximate surface area is 155 Å². The van der Waals surface area contributed by atoms with Crippen LogP contribution in [0.2, 0.25) is 5.02 Å². The molecule has 0 bridgehead atoms. The number of hydrogen-bond donors (Lipinski definition) is 2. The van der Waals surface area contributed by atoms with E-state index < -0.39 is 6.10 Å². The minimum Gasteiger partial charge on any atom is -0.391 e. The van der Waals surface area contributed by atoms with Crippen molar-refractivity contribution in [2.45, 2.75) is 31.4 Å². The van der Waals surface area contributed by atoms with Gasteiger partial charge >= 0.3 is 6.03 Å². The zero-order valence-corrected chi connectivity index (χ0v) is 14.7. The molecule has 2 aromatic rings. The summed E-state index contributed by atoms with van der Waals surface area (Å²) >= 11 is 5.92. The molecular weight excluding hydrogens is 354 g/mol. The number of likely N-dealkylation sites (tertiary alicyclic amines) is 1. The van der Waals surface area contributed by atoms with Gasteiger partial charge < -0.3 is 10.0 Å². The van der Waals surface area contributed by atoms with Crippen LogP contribution in [-0.4, -0.2) is 44.5 Å². The van der Waals surface area contributed by atoms with Crippen LogP contribution in [0.25, 0.3) is 5.69 Å². The minimum atomic E-state index is -0.446. The zero-order valence-electron chi connectivity index (χ0n) is 14.0. The number of benzene rings is 1. The molecule has 1 aliphatic carbocycles. The van der Waals surface area contributed by atoms with Crippen LogP contribution in [0.3, 0.4) is 0 Å². The normalized spacial score (nSPS) is 24.3. The zero-order chi connectivity index (χ0) is 18.3. The monoisotopic (exact) mass is 371 g/mol. The van der Waals surface area contributed by atoms with E-state index >= 15 is 0 Å². The van der Waals surface area contributed by atoms with E-state index in [0.717, 1.165) is 19.3 Å². The fourth-order valence-corrected chi connectivity index (χ4v) is 4.18. The van der Waals surface area contributed by atoms with Crippen LogP contribution in [0.1, 0.15) is 24.8 Å². The predicted octanol–water partition coefficient (Wildman–Crippen LogP) is 2.77. The standard InChI is InChI=1S/C18H18ClN5O2/c19-13-2-3-14(12(9-13)10-20)24-8-6-16(22-24)21-18(26)23-7-5-11-1-4-15(25)17(11)23/h2-3,6,8-9,11,15,17,25H,1,4-5,7H2,(H,21,22,26)/t11-,15+,17+/m0/s1. The van der Waals surface area contributed by atoms with Crippen LogP contribution in [0, 0.1) is 17.2 Å². The summed E-state index contributed by atoms with van der Waals surface area (Å²) in [4.78, 5) is 14.3. The molecule has 1 aliphatic heterocycles. The molecule has 0 unspecified atom stereocenters. The van der Waals surface area contributed by atoms with Gasteiger partial charge in [-0.3, -0.25) is 5.32 Å². The average Bonchev–Trinajstić information content (AvgIpc) is 3.33. The number of nitrogens with zero attached hydrogens (tertiary/aromatic N) is 4. The Kier molecular flexibility index (Phi) is 4.31. The molecule has 8 heteroatoms. The van der Waals surface area contributed by atoms with Gasteiger partial charge in [-0.2, -0.15) is 5.26 Å². The molecule has 1 saturated carbocycles. The number of aliphatic hydroxyl groups excluding tert-OH is 1. The number of aliphatic hydroxyl groups is 1. The summed E-state index contributed by atoms with van der Waals surface area (Å²) in [6.45, 7) is 0.648. The Bertz CT molecular complexity index is 890. The van der Waals surface area contributed by atoms with Gasteiger partial charge in [0.1, 0.15) is 6.07 Å². The first kappa shape index (κ1) is 16.9. The number of rotatable bonds is 2. The molecule has 7 nitrogen and oxygen atoms in total. The molecule has 4 rings (SSSR count). The molecule has 0 radical (unpaired) electrons. The highest BCUT2D eigenvalue weighted by Crippen LogP contribution is 2.38. The number of amides is 2. The van der Waals surface area contributed by atoms with Crippen molar-refractivity contribution in [3.05, 3.63) is 41.0 Å². The summed E-state index contributed by atoms with van der Waals surface area (Å²) in [7, 11) is 0. The number of nitriles is 1. The smallest absolute Gasteiger partial charge is 0.323 e. The van der Waals surface area contributed by atoms with Crippen LogP contribution in [0.15, 0.2) is 30.5 Å². The second-order valence-corrected chi connectivity index (χ2v) is 7.16. The lowest BCUT2D eigenvalue weighted by Gasteiger charge is -2.26. The van der Waals surface area contributed by atoms with E-state index in [-0.39, 0.29) is 12.1 Å². The highest BCUT2D eigenvalue weighted by Gasteiger charge is 2.45. The van der Waals surface area contributed by atoms with Crippen LogP contribution >= 0.6 is 11.6 Å². The van der Waals surface area contributed by atoms with Gasteiger partial charge in [-0.25, -0.2) is 9.48 Å². The maximum Gasteiger partial charge on any atom is 0.323 e. The molecule has 134 valence electrons. The molecule has 2 fully saturated rings. The molecule has 1 aromatic heterocycles. The fourth-order valence-electron chi connectivity index (χ4n) is 4.01. The second-order valence-electron chi connectivity index (χ2n) is 6.73. The quantitative estimate of drug-likeness (QED) is 0.848. The lowest BCUT2D eigenvalue weighted by atomic mass is 10.0. The van der Waals surface area contributed by atoms with Gasteiger partial charge in [0.15, 0.2) is 5.82 Å². The Morgan fingerprint density at radius 1 is 1.35 bits per heavy atom. The van der Waals surface area contributed by atoms with Crippen LogP contribution in [-0.2, 0) is 0 Å². The lowest BCUT2D eigenvalue weighted by molar-refractivity contribution is 0.101. The number of carbonyl (C=O) groups excluding carboxylic acids is 1. The van der Waals surface area contributed by atoms with E-state index in [0.29, 0.717) is 34.6 Å². The van der Waals surface area contributed by atoms with Gasteiger partial charge in [-0.05, 0) is 43.4 Å². The first-order valence-corrected chi connectivity index (χ1v) is 8.96. The third-order valence-electron chi connectivity index (χ3n) is 5.22. The molecule has 0 spiro atoms. The Hall–Kier alpha value is -2.56. The van der Waals surface area contributed by atoms with Gasteiger partial charge in [0.05, 0.1) is 23.4 Å². The fraction of sp³-hybridized carbons (Fsp3) is 0.389. The van der Waals surface area contributed by atoms with Gasteiger partial charge in [0.25, 0.3) is 0 Å². The third-order valence-corrected chi connectivity index (χ3v) is 5.46. The number of carbonyl (C=O) groups is 1. The SMILES string of the molecule is N#Cc1cc(Cl)ccc1-n1ccc(NC(=O)N2CC[C@@H]3CC[C@@H](O)[C@@H]32)n1. The summed E-state index contributed by atoms with van der Waals surface area (Å²) in [5.41, 5.74) is 0.986. The number of halogens is 1. The van der Waals surface area contributed by atoms with E-state index in [9.17, 15) is 15.2 Å². The average molecular weight is 372 g/mol. The second kappa shape index (κ2) is 6.63. The molecule has 1 saturated heterocycles. The van der Waals surface area contributed by atoms with Crippen molar-refractivity contribution in [2.75, 3.05) is 11.9 Å². The van der Waals surface area contributed by atoms with Crippen LogP contribution < -0.4 is 5.32 Å². The summed E-state index contributed by atoms with van der Waals surface area (Å²) < 4.78 is 1.53. The van der Waals surface area contributed by atoms with Crippen molar-refractivity contribution in [2.24, 2.45) is 5.92 Å². The maximum absolute atomic E-state index is 12.6. The molecule has 3 atom stereocenters. The minimum absolute atomic E-state index is 0.0986.